The number of anilines is 2. The molecule has 1 amide bonds. The summed E-state index contributed by atoms with van der Waals surface area (Å²) in [6, 6.07) is 22.7. The van der Waals surface area contributed by atoms with Gasteiger partial charge in [-0.05, 0) is 35.3 Å². The molecule has 3 atom stereocenters. The zero-order valence-electron chi connectivity index (χ0n) is 28.0. The number of cyclic esters (lactones) is 1. The van der Waals surface area contributed by atoms with E-state index >= 15 is 0 Å². The number of morpholine rings is 1. The Morgan fingerprint density at radius 3 is 2.12 bits per heavy atom. The lowest BCUT2D eigenvalue weighted by molar-refractivity contribution is -0.0443. The SMILES string of the molecule is C[C@@H]1CN(c2c(C3OCCO3)cc3c(N4C[C@@H](CO[Si](c5ccccc5)(c5ccccc5)C(C)(C)C)OC4=O)noc3c2Cl)C[C@@H](C)O1. The average molecular weight is 692 g/mol. The van der Waals surface area contributed by atoms with Crippen molar-refractivity contribution in [3.63, 3.8) is 0 Å². The molecule has 0 radical (unpaired) electrons. The summed E-state index contributed by atoms with van der Waals surface area (Å²) >= 11 is 7.12. The lowest BCUT2D eigenvalue weighted by Gasteiger charge is -2.43. The van der Waals surface area contributed by atoms with Crippen molar-refractivity contribution in [1.82, 2.24) is 5.16 Å². The maximum absolute atomic E-state index is 13.5. The molecule has 3 fully saturated rings. The van der Waals surface area contributed by atoms with E-state index in [-0.39, 0.29) is 30.4 Å². The maximum Gasteiger partial charge on any atom is 0.416 e. The summed E-state index contributed by atoms with van der Waals surface area (Å²) in [6.07, 6.45) is -1.65. The Bertz CT molecular complexity index is 1710. The number of benzene rings is 3. The van der Waals surface area contributed by atoms with Crippen molar-refractivity contribution >= 4 is 58.9 Å². The summed E-state index contributed by atoms with van der Waals surface area (Å²) in [5.74, 6) is 0.333. The molecule has 3 saturated heterocycles. The van der Waals surface area contributed by atoms with E-state index in [1.54, 1.807) is 0 Å². The van der Waals surface area contributed by atoms with Gasteiger partial charge in [-0.25, -0.2) is 4.79 Å². The van der Waals surface area contributed by atoms with E-state index in [0.29, 0.717) is 48.1 Å². The molecule has 4 heterocycles. The molecule has 48 heavy (non-hydrogen) atoms. The van der Waals surface area contributed by atoms with Crippen LogP contribution < -0.4 is 20.2 Å². The predicted molar refractivity (Wildman–Crippen MR) is 187 cm³/mol. The van der Waals surface area contributed by atoms with Crippen molar-refractivity contribution in [2.45, 2.75) is 64.3 Å². The molecule has 3 aromatic carbocycles. The maximum atomic E-state index is 13.5. The van der Waals surface area contributed by atoms with Gasteiger partial charge >= 0.3 is 6.09 Å². The Balaban J connectivity index is 1.20. The van der Waals surface area contributed by atoms with Gasteiger partial charge in [0.05, 0.1) is 49.6 Å². The fourth-order valence-electron chi connectivity index (χ4n) is 7.39. The van der Waals surface area contributed by atoms with Crippen LogP contribution in [0.5, 0.6) is 0 Å². The van der Waals surface area contributed by atoms with Gasteiger partial charge in [0, 0.05) is 18.7 Å². The summed E-state index contributed by atoms with van der Waals surface area (Å²) in [5, 5.41) is 7.43. The van der Waals surface area contributed by atoms with Crippen molar-refractivity contribution in [2.24, 2.45) is 0 Å². The third-order valence-corrected chi connectivity index (χ3v) is 14.7. The summed E-state index contributed by atoms with van der Waals surface area (Å²) in [7, 11) is -2.84. The quantitative estimate of drug-likeness (QED) is 0.205. The van der Waals surface area contributed by atoms with Gasteiger partial charge in [0.15, 0.2) is 17.7 Å². The molecular weight excluding hydrogens is 650 g/mol. The first kappa shape index (κ1) is 33.1. The Morgan fingerprint density at radius 2 is 1.54 bits per heavy atom. The summed E-state index contributed by atoms with van der Waals surface area (Å²) in [6.45, 7) is 13.4. The number of rotatable bonds is 8. The molecular formula is C36H42ClN3O7Si. The molecule has 0 N–H and O–H groups in total. The second-order valence-electron chi connectivity index (χ2n) is 13.8. The van der Waals surface area contributed by atoms with E-state index < -0.39 is 26.8 Å². The molecule has 0 bridgehead atoms. The molecule has 7 rings (SSSR count). The third kappa shape index (κ3) is 5.90. The van der Waals surface area contributed by atoms with Gasteiger partial charge in [0.2, 0.25) is 0 Å². The first-order valence-corrected chi connectivity index (χ1v) is 18.8. The average Bonchev–Trinajstić information content (AvgIpc) is 3.82. The number of nitrogens with zero attached hydrogens (tertiary/aromatic N) is 3. The molecule has 3 aliphatic heterocycles. The van der Waals surface area contributed by atoms with E-state index in [9.17, 15) is 4.79 Å². The molecule has 4 aromatic rings. The minimum atomic E-state index is -2.84. The van der Waals surface area contributed by atoms with Crippen LogP contribution in [-0.2, 0) is 23.4 Å². The minimum Gasteiger partial charge on any atom is -0.441 e. The van der Waals surface area contributed by atoms with Gasteiger partial charge in [0.1, 0.15) is 11.1 Å². The number of carbonyl (C=O) groups is 1. The molecule has 254 valence electrons. The fourth-order valence-corrected chi connectivity index (χ4v) is 12.3. The molecule has 0 spiro atoms. The Kier molecular flexibility index (Phi) is 9.03. The Labute approximate surface area is 286 Å². The van der Waals surface area contributed by atoms with E-state index in [0.717, 1.165) is 21.6 Å². The highest BCUT2D eigenvalue weighted by Gasteiger charge is 2.51. The van der Waals surface area contributed by atoms with Crippen LogP contribution in [0.15, 0.2) is 71.3 Å². The van der Waals surface area contributed by atoms with Crippen molar-refractivity contribution in [1.29, 1.82) is 0 Å². The zero-order chi connectivity index (χ0) is 33.6. The van der Waals surface area contributed by atoms with Gasteiger partial charge in [-0.1, -0.05) is 98.2 Å². The predicted octanol–water partition coefficient (Wildman–Crippen LogP) is 6.04. The van der Waals surface area contributed by atoms with Crippen LogP contribution in [-0.4, -0.2) is 77.3 Å². The number of hydrogen-bond acceptors (Lipinski definition) is 9. The largest absolute Gasteiger partial charge is 0.441 e. The normalized spacial score (nSPS) is 22.5. The number of fused-ring (bicyclic) bond motifs is 1. The Morgan fingerprint density at radius 1 is 0.938 bits per heavy atom. The molecule has 3 aliphatic rings. The lowest BCUT2D eigenvalue weighted by atomic mass is 10.1. The van der Waals surface area contributed by atoms with Crippen molar-refractivity contribution in [3.8, 4) is 0 Å². The number of hydrogen-bond donors (Lipinski definition) is 0. The highest BCUT2D eigenvalue weighted by Crippen LogP contribution is 2.46. The van der Waals surface area contributed by atoms with E-state index in [4.69, 9.17) is 39.5 Å². The van der Waals surface area contributed by atoms with Gasteiger partial charge in [0.25, 0.3) is 8.32 Å². The van der Waals surface area contributed by atoms with Crippen LogP contribution >= 0.6 is 11.6 Å². The lowest BCUT2D eigenvalue weighted by Crippen LogP contribution is -2.67. The molecule has 10 nitrogen and oxygen atoms in total. The van der Waals surface area contributed by atoms with Crippen molar-refractivity contribution in [3.05, 3.63) is 77.3 Å². The second-order valence-corrected chi connectivity index (χ2v) is 18.5. The summed E-state index contributed by atoms with van der Waals surface area (Å²) < 4.78 is 36.8. The van der Waals surface area contributed by atoms with Crippen LogP contribution in [0.3, 0.4) is 0 Å². The standard InChI is InChI=1S/C36H42ClN3O7Si/c1-23-19-39(20-24(2)45-23)31-28(34-42-16-17-43-34)18-29-32(30(31)37)47-38-33(29)40-21-25(46-35(40)41)22-44-48(36(3,4)5,26-12-8-6-9-13-26)27-14-10-7-11-15-27/h6-15,18,23-25,34H,16-17,19-22H2,1-5H3/t23-,24-,25+/m1/s1. The van der Waals surface area contributed by atoms with Gasteiger partial charge in [-0.2, -0.15) is 0 Å². The number of amides is 1. The van der Waals surface area contributed by atoms with Crippen LogP contribution in [0, 0.1) is 0 Å². The zero-order valence-corrected chi connectivity index (χ0v) is 29.7. The van der Waals surface area contributed by atoms with Gasteiger partial charge in [-0.3, -0.25) is 4.90 Å². The first-order chi connectivity index (χ1) is 23.1. The Hall–Kier alpha value is -3.45. The number of carbonyl (C=O) groups excluding carboxylic acids is 1. The van der Waals surface area contributed by atoms with Crippen LogP contribution in [0.4, 0.5) is 16.3 Å². The highest BCUT2D eigenvalue weighted by atomic mass is 35.5. The van der Waals surface area contributed by atoms with Gasteiger partial charge in [-0.15, -0.1) is 0 Å². The van der Waals surface area contributed by atoms with Gasteiger partial charge < -0.3 is 32.8 Å². The second kappa shape index (κ2) is 13.1. The molecule has 0 saturated carbocycles. The molecule has 0 unspecified atom stereocenters. The minimum absolute atomic E-state index is 0.00597. The highest BCUT2D eigenvalue weighted by molar-refractivity contribution is 6.99. The monoisotopic (exact) mass is 691 g/mol. The summed E-state index contributed by atoms with van der Waals surface area (Å²) in [4.78, 5) is 17.2. The van der Waals surface area contributed by atoms with E-state index in [1.807, 2.05) is 32.0 Å². The molecule has 0 aliphatic carbocycles. The van der Waals surface area contributed by atoms with E-state index in [1.165, 1.54) is 4.90 Å². The number of halogens is 1. The van der Waals surface area contributed by atoms with E-state index in [2.05, 4.69) is 79.4 Å². The fraction of sp³-hybridized carbons (Fsp3) is 0.444. The smallest absolute Gasteiger partial charge is 0.416 e. The van der Waals surface area contributed by atoms with Crippen LogP contribution in [0.1, 0.15) is 46.5 Å². The van der Waals surface area contributed by atoms with Crippen LogP contribution in [0.2, 0.25) is 10.1 Å². The third-order valence-electron chi connectivity index (χ3n) is 9.33. The number of aromatic nitrogens is 1. The number of ether oxygens (including phenoxy) is 4. The summed E-state index contributed by atoms with van der Waals surface area (Å²) in [5.41, 5.74) is 1.91. The first-order valence-electron chi connectivity index (χ1n) is 16.6. The topological polar surface area (TPSA) is 95.7 Å². The van der Waals surface area contributed by atoms with Crippen LogP contribution in [0.25, 0.3) is 11.0 Å². The molecule has 12 heteroatoms. The molecule has 1 aromatic heterocycles. The van der Waals surface area contributed by atoms with Crippen molar-refractivity contribution < 1.29 is 32.7 Å². The van der Waals surface area contributed by atoms with Crippen molar-refractivity contribution in [2.75, 3.05) is 49.3 Å².